The summed E-state index contributed by atoms with van der Waals surface area (Å²) in [6.45, 7) is 1.54. The number of ether oxygens (including phenoxy) is 1. The zero-order valence-corrected chi connectivity index (χ0v) is 8.28. The SMILES string of the molecule is CCOC(=O)c1ncc(O)c(C(F)F)c1O. The van der Waals surface area contributed by atoms with Gasteiger partial charge in [-0.1, -0.05) is 0 Å². The first-order chi connectivity index (χ1) is 7.49. The van der Waals surface area contributed by atoms with Crippen LogP contribution in [0, 0.1) is 0 Å². The van der Waals surface area contributed by atoms with Crippen LogP contribution >= 0.6 is 0 Å². The molecule has 1 heterocycles. The van der Waals surface area contributed by atoms with E-state index in [2.05, 4.69) is 9.72 Å². The van der Waals surface area contributed by atoms with Crippen LogP contribution in [0.4, 0.5) is 8.78 Å². The molecule has 88 valence electrons. The molecule has 0 bridgehead atoms. The van der Waals surface area contributed by atoms with Crippen molar-refractivity contribution in [3.8, 4) is 11.5 Å². The van der Waals surface area contributed by atoms with Gasteiger partial charge in [-0.15, -0.1) is 0 Å². The Hall–Kier alpha value is -1.92. The highest BCUT2D eigenvalue weighted by molar-refractivity contribution is 5.91. The van der Waals surface area contributed by atoms with Crippen LogP contribution in [0.1, 0.15) is 29.4 Å². The van der Waals surface area contributed by atoms with Crippen molar-refractivity contribution >= 4 is 5.97 Å². The van der Waals surface area contributed by atoms with Crippen molar-refractivity contribution in [1.82, 2.24) is 4.98 Å². The molecule has 0 saturated heterocycles. The van der Waals surface area contributed by atoms with Gasteiger partial charge in [0.1, 0.15) is 11.3 Å². The van der Waals surface area contributed by atoms with E-state index in [1.165, 1.54) is 6.92 Å². The summed E-state index contributed by atoms with van der Waals surface area (Å²) in [5.41, 5.74) is -1.67. The fourth-order valence-electron chi connectivity index (χ4n) is 1.07. The molecule has 7 heteroatoms. The lowest BCUT2D eigenvalue weighted by molar-refractivity contribution is 0.0514. The van der Waals surface area contributed by atoms with Crippen LogP contribution < -0.4 is 0 Å². The smallest absolute Gasteiger partial charge is 0.360 e. The third-order valence-corrected chi connectivity index (χ3v) is 1.76. The van der Waals surface area contributed by atoms with E-state index < -0.39 is 35.2 Å². The Morgan fingerprint density at radius 1 is 1.56 bits per heavy atom. The van der Waals surface area contributed by atoms with E-state index in [-0.39, 0.29) is 6.61 Å². The maximum atomic E-state index is 12.4. The largest absolute Gasteiger partial charge is 0.506 e. The first-order valence-electron chi connectivity index (χ1n) is 4.35. The Bertz CT molecular complexity index is 409. The maximum absolute atomic E-state index is 12.4. The molecule has 0 amide bonds. The first kappa shape index (κ1) is 12.2. The summed E-state index contributed by atoms with van der Waals surface area (Å²) in [4.78, 5) is 14.5. The van der Waals surface area contributed by atoms with Gasteiger partial charge in [-0.2, -0.15) is 0 Å². The number of esters is 1. The van der Waals surface area contributed by atoms with Gasteiger partial charge in [0.15, 0.2) is 11.4 Å². The Morgan fingerprint density at radius 2 is 2.19 bits per heavy atom. The molecular weight excluding hydrogens is 224 g/mol. The van der Waals surface area contributed by atoms with Crippen LogP contribution in [0.5, 0.6) is 11.5 Å². The molecule has 0 fully saturated rings. The van der Waals surface area contributed by atoms with Gasteiger partial charge < -0.3 is 14.9 Å². The first-order valence-corrected chi connectivity index (χ1v) is 4.35. The van der Waals surface area contributed by atoms with Crippen molar-refractivity contribution < 1.29 is 28.5 Å². The minimum Gasteiger partial charge on any atom is -0.506 e. The third kappa shape index (κ3) is 2.18. The Labute approximate surface area is 89.3 Å². The number of hydrogen-bond acceptors (Lipinski definition) is 5. The topological polar surface area (TPSA) is 79.7 Å². The molecule has 1 aromatic rings. The molecular formula is C9H9F2NO4. The van der Waals surface area contributed by atoms with Crippen molar-refractivity contribution in [2.75, 3.05) is 6.61 Å². The van der Waals surface area contributed by atoms with Crippen LogP contribution in [0.3, 0.4) is 0 Å². The van der Waals surface area contributed by atoms with Gasteiger partial charge >= 0.3 is 5.97 Å². The van der Waals surface area contributed by atoms with Gasteiger partial charge in [0.05, 0.1) is 12.8 Å². The normalized spacial score (nSPS) is 10.5. The Balaban J connectivity index is 3.23. The lowest BCUT2D eigenvalue weighted by Gasteiger charge is -2.09. The minimum absolute atomic E-state index is 0.0187. The zero-order valence-electron chi connectivity index (χ0n) is 8.28. The molecule has 0 aliphatic rings. The number of carbonyl (C=O) groups excluding carboxylic acids is 1. The molecule has 0 saturated carbocycles. The third-order valence-electron chi connectivity index (χ3n) is 1.76. The van der Waals surface area contributed by atoms with E-state index in [9.17, 15) is 18.7 Å². The average Bonchev–Trinajstić information content (AvgIpc) is 2.17. The second-order valence-corrected chi connectivity index (χ2v) is 2.78. The number of aromatic nitrogens is 1. The number of carbonyl (C=O) groups is 1. The molecule has 5 nitrogen and oxygen atoms in total. The quantitative estimate of drug-likeness (QED) is 0.775. The minimum atomic E-state index is -3.11. The van der Waals surface area contributed by atoms with Crippen molar-refractivity contribution in [1.29, 1.82) is 0 Å². The number of rotatable bonds is 3. The van der Waals surface area contributed by atoms with Crippen molar-refractivity contribution in [2.45, 2.75) is 13.3 Å². The summed E-state index contributed by atoms with van der Waals surface area (Å²) in [5.74, 6) is -2.96. The van der Waals surface area contributed by atoms with Crippen molar-refractivity contribution in [2.24, 2.45) is 0 Å². The second-order valence-electron chi connectivity index (χ2n) is 2.78. The van der Waals surface area contributed by atoms with E-state index >= 15 is 0 Å². The molecule has 0 radical (unpaired) electrons. The summed E-state index contributed by atoms with van der Waals surface area (Å²) in [7, 11) is 0. The van der Waals surface area contributed by atoms with E-state index in [0.717, 1.165) is 0 Å². The number of nitrogens with zero attached hydrogens (tertiary/aromatic N) is 1. The molecule has 0 atom stereocenters. The van der Waals surface area contributed by atoms with E-state index in [0.29, 0.717) is 6.20 Å². The number of hydrogen-bond donors (Lipinski definition) is 2. The summed E-state index contributed by atoms with van der Waals surface area (Å²) in [6, 6.07) is 0. The molecule has 0 aliphatic carbocycles. The Morgan fingerprint density at radius 3 is 2.69 bits per heavy atom. The predicted octanol–water partition coefficient (Wildman–Crippen LogP) is 1.61. The molecule has 0 aliphatic heterocycles. The second kappa shape index (κ2) is 4.73. The summed E-state index contributed by atoms with van der Waals surface area (Å²) in [5, 5.41) is 18.4. The highest BCUT2D eigenvalue weighted by Gasteiger charge is 2.25. The molecule has 1 rings (SSSR count). The molecule has 2 N–H and O–H groups in total. The molecule has 1 aromatic heterocycles. The Kier molecular flexibility index (Phi) is 3.60. The highest BCUT2D eigenvalue weighted by Crippen LogP contribution is 2.36. The number of halogens is 2. The number of pyridine rings is 1. The fraction of sp³-hybridized carbons (Fsp3) is 0.333. The number of alkyl halides is 2. The molecule has 0 aromatic carbocycles. The lowest BCUT2D eigenvalue weighted by Crippen LogP contribution is -2.08. The molecule has 0 unspecified atom stereocenters. The van der Waals surface area contributed by atoms with Crippen molar-refractivity contribution in [3.05, 3.63) is 17.5 Å². The van der Waals surface area contributed by atoms with Gasteiger partial charge in [0.2, 0.25) is 0 Å². The van der Waals surface area contributed by atoms with E-state index in [1.807, 2.05) is 0 Å². The standard InChI is InChI=1S/C9H9F2NO4/c1-2-16-9(15)6-7(14)5(8(10)11)4(13)3-12-6/h3,8,13-14H,2H2,1H3. The summed E-state index contributed by atoms with van der Waals surface area (Å²) < 4.78 is 29.3. The van der Waals surface area contributed by atoms with Crippen LogP contribution in [0.15, 0.2) is 6.20 Å². The predicted molar refractivity (Wildman–Crippen MR) is 48.5 cm³/mol. The maximum Gasteiger partial charge on any atom is 0.360 e. The summed E-state index contributed by atoms with van der Waals surface area (Å²) >= 11 is 0. The lowest BCUT2D eigenvalue weighted by atomic mass is 10.2. The highest BCUT2D eigenvalue weighted by atomic mass is 19.3. The van der Waals surface area contributed by atoms with Crippen LogP contribution in [-0.2, 0) is 4.74 Å². The van der Waals surface area contributed by atoms with Crippen molar-refractivity contribution in [3.63, 3.8) is 0 Å². The molecule has 0 spiro atoms. The average molecular weight is 233 g/mol. The fourth-order valence-corrected chi connectivity index (χ4v) is 1.07. The monoisotopic (exact) mass is 233 g/mol. The van der Waals surface area contributed by atoms with E-state index in [4.69, 9.17) is 5.11 Å². The van der Waals surface area contributed by atoms with Crippen LogP contribution in [0.25, 0.3) is 0 Å². The summed E-state index contributed by atoms with van der Waals surface area (Å²) in [6.07, 6.45) is -2.45. The number of aromatic hydroxyl groups is 2. The van der Waals surface area contributed by atoms with Crippen LogP contribution in [0.2, 0.25) is 0 Å². The van der Waals surface area contributed by atoms with Gasteiger partial charge in [0.25, 0.3) is 6.43 Å². The molecule has 16 heavy (non-hydrogen) atoms. The van der Waals surface area contributed by atoms with Crippen LogP contribution in [-0.4, -0.2) is 27.8 Å². The van der Waals surface area contributed by atoms with Gasteiger partial charge in [-0.3, -0.25) is 0 Å². The van der Waals surface area contributed by atoms with E-state index in [1.54, 1.807) is 0 Å². The zero-order chi connectivity index (χ0) is 12.3. The van der Waals surface area contributed by atoms with Gasteiger partial charge in [-0.05, 0) is 6.92 Å². The van der Waals surface area contributed by atoms with Gasteiger partial charge in [-0.25, -0.2) is 18.6 Å². The van der Waals surface area contributed by atoms with Gasteiger partial charge in [0, 0.05) is 0 Å².